The zero-order valence-electron chi connectivity index (χ0n) is 23.2. The average Bonchev–Trinajstić information content (AvgIpc) is 2.86. The molecule has 0 aliphatic carbocycles. The Labute approximate surface area is 235 Å². The number of alkyl carbamates (subject to hydrolysis) is 1. The highest BCUT2D eigenvalue weighted by atomic mass is 19.4. The monoisotopic (exact) mass is 588 g/mol. The maximum atomic E-state index is 13.2. The Balaban J connectivity index is 1.78. The smallest absolute Gasteiger partial charge is 0.416 e. The fraction of sp³-hybridized carbons (Fsp3) is 0.517. The minimum Gasteiger partial charge on any atom is -0.445 e. The minimum absolute atomic E-state index is 0.0150. The fourth-order valence-electron chi connectivity index (χ4n) is 4.82. The van der Waals surface area contributed by atoms with Crippen LogP contribution in [0.3, 0.4) is 0 Å². The summed E-state index contributed by atoms with van der Waals surface area (Å²) in [5.74, 6) is -0.273. The van der Waals surface area contributed by atoms with Crippen molar-refractivity contribution in [1.82, 2.24) is 10.2 Å². The quantitative estimate of drug-likeness (QED) is 0.353. The zero-order chi connectivity index (χ0) is 30.6. The van der Waals surface area contributed by atoms with Crippen molar-refractivity contribution in [3.63, 3.8) is 0 Å². The van der Waals surface area contributed by atoms with E-state index < -0.39 is 59.5 Å². The Morgan fingerprint density at radius 2 is 1.51 bits per heavy atom. The first-order valence-electron chi connectivity index (χ1n) is 13.2. The van der Waals surface area contributed by atoms with Gasteiger partial charge in [0.05, 0.1) is 11.1 Å². The molecule has 1 heterocycles. The fourth-order valence-corrected chi connectivity index (χ4v) is 4.82. The van der Waals surface area contributed by atoms with E-state index in [-0.39, 0.29) is 24.6 Å². The van der Waals surface area contributed by atoms with Crippen LogP contribution in [0.25, 0.3) is 0 Å². The van der Waals surface area contributed by atoms with Gasteiger partial charge in [0.1, 0.15) is 12.2 Å². The van der Waals surface area contributed by atoms with Crippen LogP contribution in [0.1, 0.15) is 62.8 Å². The number of ether oxygens (including phenoxy) is 2. The Kier molecular flexibility index (Phi) is 9.86. The van der Waals surface area contributed by atoms with Gasteiger partial charge in [-0.2, -0.15) is 26.3 Å². The first kappa shape index (κ1) is 32.1. The first-order valence-corrected chi connectivity index (χ1v) is 13.2. The molecule has 3 atom stereocenters. The van der Waals surface area contributed by atoms with Crippen molar-refractivity contribution in [2.24, 2.45) is 5.92 Å². The molecule has 0 saturated carbocycles. The van der Waals surface area contributed by atoms with E-state index in [1.54, 1.807) is 25.7 Å². The molecule has 1 fully saturated rings. The number of hydrogen-bond donors (Lipinski definition) is 1. The van der Waals surface area contributed by atoms with Gasteiger partial charge in [-0.15, -0.1) is 0 Å². The average molecular weight is 589 g/mol. The molecule has 3 unspecified atom stereocenters. The normalized spacial score (nSPS) is 20.0. The van der Waals surface area contributed by atoms with Crippen LogP contribution in [-0.2, 0) is 34.9 Å². The van der Waals surface area contributed by atoms with Crippen LogP contribution >= 0.6 is 0 Å². The number of rotatable bonds is 6. The first-order chi connectivity index (χ1) is 19.0. The summed E-state index contributed by atoms with van der Waals surface area (Å²) < 4.78 is 89.8. The van der Waals surface area contributed by atoms with Crippen molar-refractivity contribution >= 4 is 12.2 Å². The number of piperidine rings is 1. The maximum Gasteiger partial charge on any atom is 0.416 e. The molecule has 1 saturated heterocycles. The Morgan fingerprint density at radius 1 is 0.927 bits per heavy atom. The third kappa shape index (κ3) is 9.29. The van der Waals surface area contributed by atoms with Gasteiger partial charge in [0.2, 0.25) is 0 Å². The summed E-state index contributed by atoms with van der Waals surface area (Å²) in [6, 6.07) is 9.69. The number of halogens is 6. The molecule has 12 heteroatoms. The lowest BCUT2D eigenvalue weighted by atomic mass is 9.83. The molecule has 2 amide bonds. The number of alkyl halides is 6. The molecule has 1 aliphatic heterocycles. The predicted molar refractivity (Wildman–Crippen MR) is 139 cm³/mol. The molecule has 0 radical (unpaired) electrons. The maximum absolute atomic E-state index is 13.2. The van der Waals surface area contributed by atoms with Gasteiger partial charge in [0.25, 0.3) is 0 Å². The second-order valence-electron chi connectivity index (χ2n) is 11.1. The summed E-state index contributed by atoms with van der Waals surface area (Å²) >= 11 is 0. The van der Waals surface area contributed by atoms with Crippen LogP contribution in [0.4, 0.5) is 35.9 Å². The number of benzene rings is 2. The van der Waals surface area contributed by atoms with Crippen LogP contribution in [0.2, 0.25) is 0 Å². The molecule has 2 aromatic rings. The lowest BCUT2D eigenvalue weighted by Crippen LogP contribution is -2.57. The van der Waals surface area contributed by atoms with Crippen LogP contribution in [0, 0.1) is 5.92 Å². The number of carbonyl (C=O) groups excluding carboxylic acids is 2. The van der Waals surface area contributed by atoms with Crippen LogP contribution in [0.5, 0.6) is 0 Å². The summed E-state index contributed by atoms with van der Waals surface area (Å²) in [6.45, 7) is 6.64. The van der Waals surface area contributed by atoms with Crippen LogP contribution in [-0.4, -0.2) is 41.3 Å². The topological polar surface area (TPSA) is 67.9 Å². The van der Waals surface area contributed by atoms with Crippen molar-refractivity contribution in [2.75, 3.05) is 6.54 Å². The molecule has 226 valence electrons. The van der Waals surface area contributed by atoms with Gasteiger partial charge in [-0.1, -0.05) is 37.3 Å². The van der Waals surface area contributed by atoms with Crippen molar-refractivity contribution in [3.05, 3.63) is 70.8 Å². The summed E-state index contributed by atoms with van der Waals surface area (Å²) in [6.07, 6.45) is -10.1. The van der Waals surface area contributed by atoms with E-state index in [1.807, 2.05) is 37.3 Å². The van der Waals surface area contributed by atoms with Gasteiger partial charge < -0.3 is 19.7 Å². The number of nitrogens with one attached hydrogen (secondary N) is 1. The van der Waals surface area contributed by atoms with E-state index in [1.165, 1.54) is 0 Å². The zero-order valence-corrected chi connectivity index (χ0v) is 23.2. The van der Waals surface area contributed by atoms with Crippen molar-refractivity contribution in [1.29, 1.82) is 0 Å². The molecular weight excluding hydrogens is 554 g/mol. The molecule has 0 spiro atoms. The minimum atomic E-state index is -5.01. The second kappa shape index (κ2) is 12.6. The lowest BCUT2D eigenvalue weighted by Gasteiger charge is -2.44. The number of hydrogen-bond acceptors (Lipinski definition) is 4. The van der Waals surface area contributed by atoms with E-state index in [0.717, 1.165) is 5.56 Å². The molecule has 3 rings (SSSR count). The van der Waals surface area contributed by atoms with Gasteiger partial charge in [-0.25, -0.2) is 9.59 Å². The van der Waals surface area contributed by atoms with Gasteiger partial charge in [0, 0.05) is 24.5 Å². The molecule has 1 N–H and O–H groups in total. The van der Waals surface area contributed by atoms with Crippen molar-refractivity contribution in [3.8, 4) is 0 Å². The van der Waals surface area contributed by atoms with Crippen molar-refractivity contribution in [2.45, 2.75) is 83.6 Å². The van der Waals surface area contributed by atoms with E-state index in [0.29, 0.717) is 31.4 Å². The van der Waals surface area contributed by atoms with Crippen molar-refractivity contribution < 1.29 is 45.4 Å². The Hall–Kier alpha value is -3.44. The summed E-state index contributed by atoms with van der Waals surface area (Å²) in [5, 5.41) is 2.74. The van der Waals surface area contributed by atoms with Crippen LogP contribution < -0.4 is 5.32 Å². The molecule has 0 aromatic heterocycles. The highest BCUT2D eigenvalue weighted by Gasteiger charge is 2.40. The molecule has 41 heavy (non-hydrogen) atoms. The molecular formula is C29H34F6N2O4. The van der Waals surface area contributed by atoms with Crippen LogP contribution in [0.15, 0.2) is 48.5 Å². The second-order valence-corrected chi connectivity index (χ2v) is 11.1. The Morgan fingerprint density at radius 3 is 2.02 bits per heavy atom. The van der Waals surface area contributed by atoms with Gasteiger partial charge in [-0.3, -0.25) is 0 Å². The lowest BCUT2D eigenvalue weighted by molar-refractivity contribution is -0.143. The largest absolute Gasteiger partial charge is 0.445 e. The molecule has 6 nitrogen and oxygen atoms in total. The highest BCUT2D eigenvalue weighted by Crippen LogP contribution is 2.36. The number of nitrogens with zero attached hydrogens (tertiary/aromatic N) is 1. The summed E-state index contributed by atoms with van der Waals surface area (Å²) in [7, 11) is 0. The highest BCUT2D eigenvalue weighted by molar-refractivity contribution is 5.70. The van der Waals surface area contributed by atoms with E-state index in [4.69, 9.17) is 9.47 Å². The molecule has 2 aromatic carbocycles. The third-order valence-electron chi connectivity index (χ3n) is 6.73. The van der Waals surface area contributed by atoms with E-state index in [9.17, 15) is 35.9 Å². The van der Waals surface area contributed by atoms with E-state index >= 15 is 0 Å². The summed E-state index contributed by atoms with van der Waals surface area (Å²) in [5.41, 5.74) is -3.18. The molecule has 1 aliphatic rings. The SMILES string of the molecule is CCC1CC(NC(=O)OCc2cc(C(F)(F)F)cc(C(F)(F)F)c2)C(Cc2ccccc2)CN1C(=O)OC(C)(C)C. The standard InChI is InChI=1S/C29H34F6N2O4/c1-5-23-15-24(20(11-18-9-7-6-8-10-18)16-37(23)26(39)41-27(2,3)4)36-25(38)40-17-19-12-21(28(30,31)32)14-22(13-19)29(33,34)35/h6-10,12-14,20,23-24H,5,11,15-17H2,1-4H3,(H,36,38). The van der Waals surface area contributed by atoms with Gasteiger partial charge >= 0.3 is 24.5 Å². The number of amides is 2. The summed E-state index contributed by atoms with van der Waals surface area (Å²) in [4.78, 5) is 27.4. The predicted octanol–water partition coefficient (Wildman–Crippen LogP) is 7.60. The van der Waals surface area contributed by atoms with Gasteiger partial charge in [0.15, 0.2) is 0 Å². The number of carbonyl (C=O) groups is 2. The number of likely N-dealkylation sites (tertiary alicyclic amines) is 1. The van der Waals surface area contributed by atoms with Gasteiger partial charge in [-0.05, 0) is 69.4 Å². The Bertz CT molecular complexity index is 1160. The third-order valence-corrected chi connectivity index (χ3v) is 6.73. The molecule has 0 bridgehead atoms. The van der Waals surface area contributed by atoms with E-state index in [2.05, 4.69) is 5.32 Å².